The van der Waals surface area contributed by atoms with Gasteiger partial charge in [-0.3, -0.25) is 9.59 Å². The van der Waals surface area contributed by atoms with Crippen molar-refractivity contribution in [2.75, 3.05) is 6.54 Å². The SMILES string of the molecule is CC(C)C(O)CCNC(=O)c1n[nH]c(=O)c2ccccc12. The lowest BCUT2D eigenvalue weighted by molar-refractivity contribution is 0.0916. The Labute approximate surface area is 122 Å². The summed E-state index contributed by atoms with van der Waals surface area (Å²) in [7, 11) is 0. The van der Waals surface area contributed by atoms with Crippen LogP contribution in [0.2, 0.25) is 0 Å². The van der Waals surface area contributed by atoms with E-state index in [4.69, 9.17) is 0 Å². The Morgan fingerprint density at radius 2 is 2.00 bits per heavy atom. The molecule has 0 fully saturated rings. The Balaban J connectivity index is 2.14. The number of aromatic amines is 1. The summed E-state index contributed by atoms with van der Waals surface area (Å²) in [6.45, 7) is 4.19. The summed E-state index contributed by atoms with van der Waals surface area (Å²) in [6.07, 6.45) is 0.0237. The fourth-order valence-corrected chi connectivity index (χ4v) is 2.04. The molecular weight excluding hydrogens is 270 g/mol. The number of fused-ring (bicyclic) bond motifs is 1. The molecule has 1 aromatic carbocycles. The first kappa shape index (κ1) is 15.2. The summed E-state index contributed by atoms with van der Waals surface area (Å²) in [4.78, 5) is 23.8. The highest BCUT2D eigenvalue weighted by Gasteiger charge is 2.14. The third kappa shape index (κ3) is 3.46. The number of H-pyrrole nitrogens is 1. The molecule has 0 aliphatic rings. The Bertz CT molecular complexity index is 694. The summed E-state index contributed by atoms with van der Waals surface area (Å²) >= 11 is 0. The lowest BCUT2D eigenvalue weighted by Gasteiger charge is -2.14. The van der Waals surface area contributed by atoms with E-state index in [0.717, 1.165) is 0 Å². The number of aliphatic hydroxyl groups excluding tert-OH is 1. The number of nitrogens with one attached hydrogen (secondary N) is 2. The van der Waals surface area contributed by atoms with E-state index < -0.39 is 6.10 Å². The van der Waals surface area contributed by atoms with Crippen LogP contribution in [0.3, 0.4) is 0 Å². The van der Waals surface area contributed by atoms with Crippen molar-refractivity contribution in [3.05, 3.63) is 40.3 Å². The quantitative estimate of drug-likeness (QED) is 0.767. The van der Waals surface area contributed by atoms with Gasteiger partial charge in [0.15, 0.2) is 5.69 Å². The third-order valence-electron chi connectivity index (χ3n) is 3.41. The first-order valence-electron chi connectivity index (χ1n) is 6.94. The van der Waals surface area contributed by atoms with Gasteiger partial charge in [0.25, 0.3) is 11.5 Å². The van der Waals surface area contributed by atoms with E-state index in [-0.39, 0.29) is 23.1 Å². The number of amides is 1. The molecule has 0 saturated carbocycles. The lowest BCUT2D eigenvalue weighted by atomic mass is 10.0. The van der Waals surface area contributed by atoms with E-state index in [1.54, 1.807) is 24.3 Å². The van der Waals surface area contributed by atoms with E-state index in [1.807, 2.05) is 13.8 Å². The molecular formula is C15H19N3O3. The maximum atomic E-state index is 12.1. The topological polar surface area (TPSA) is 95.1 Å². The highest BCUT2D eigenvalue weighted by molar-refractivity contribution is 6.04. The van der Waals surface area contributed by atoms with Crippen LogP contribution >= 0.6 is 0 Å². The van der Waals surface area contributed by atoms with Crippen LogP contribution in [0, 0.1) is 5.92 Å². The van der Waals surface area contributed by atoms with Gasteiger partial charge >= 0.3 is 0 Å². The maximum absolute atomic E-state index is 12.1. The number of hydrogen-bond acceptors (Lipinski definition) is 4. The Morgan fingerprint density at radius 1 is 1.33 bits per heavy atom. The van der Waals surface area contributed by atoms with Gasteiger partial charge in [0.1, 0.15) is 0 Å². The van der Waals surface area contributed by atoms with Crippen LogP contribution in [-0.4, -0.2) is 33.9 Å². The highest BCUT2D eigenvalue weighted by Crippen LogP contribution is 2.12. The molecule has 0 saturated heterocycles. The van der Waals surface area contributed by atoms with Crippen molar-refractivity contribution < 1.29 is 9.90 Å². The van der Waals surface area contributed by atoms with Gasteiger partial charge in [0, 0.05) is 11.9 Å². The zero-order chi connectivity index (χ0) is 15.4. The van der Waals surface area contributed by atoms with Gasteiger partial charge < -0.3 is 10.4 Å². The van der Waals surface area contributed by atoms with Crippen LogP contribution in [0.15, 0.2) is 29.1 Å². The smallest absolute Gasteiger partial charge is 0.272 e. The van der Waals surface area contributed by atoms with Crippen molar-refractivity contribution in [1.29, 1.82) is 0 Å². The fourth-order valence-electron chi connectivity index (χ4n) is 2.04. The second-order valence-electron chi connectivity index (χ2n) is 5.30. The van der Waals surface area contributed by atoms with Gasteiger partial charge in [-0.15, -0.1) is 0 Å². The minimum absolute atomic E-state index is 0.147. The molecule has 6 nitrogen and oxygen atoms in total. The number of benzene rings is 1. The molecule has 112 valence electrons. The summed E-state index contributed by atoms with van der Waals surface area (Å²) in [5.74, 6) is -0.215. The lowest BCUT2D eigenvalue weighted by Crippen LogP contribution is -2.30. The van der Waals surface area contributed by atoms with Gasteiger partial charge in [-0.1, -0.05) is 32.0 Å². The zero-order valence-electron chi connectivity index (χ0n) is 12.1. The monoisotopic (exact) mass is 289 g/mol. The van der Waals surface area contributed by atoms with Crippen molar-refractivity contribution in [3.63, 3.8) is 0 Å². The molecule has 1 atom stereocenters. The third-order valence-corrected chi connectivity index (χ3v) is 3.41. The van der Waals surface area contributed by atoms with Crippen molar-refractivity contribution in [2.45, 2.75) is 26.4 Å². The normalized spacial score (nSPS) is 12.6. The summed E-state index contributed by atoms with van der Waals surface area (Å²) < 4.78 is 0. The summed E-state index contributed by atoms with van der Waals surface area (Å²) in [6, 6.07) is 6.82. The molecule has 2 rings (SSSR count). The second kappa shape index (κ2) is 6.49. The number of carbonyl (C=O) groups is 1. The molecule has 0 spiro atoms. The van der Waals surface area contributed by atoms with Crippen molar-refractivity contribution in [3.8, 4) is 0 Å². The average Bonchev–Trinajstić information content (AvgIpc) is 2.47. The molecule has 6 heteroatoms. The first-order chi connectivity index (χ1) is 10.0. The number of rotatable bonds is 5. The molecule has 1 amide bonds. The van der Waals surface area contributed by atoms with Gasteiger partial charge in [0.2, 0.25) is 0 Å². The van der Waals surface area contributed by atoms with Crippen LogP contribution in [-0.2, 0) is 0 Å². The number of aliphatic hydroxyl groups is 1. The molecule has 0 bridgehead atoms. The van der Waals surface area contributed by atoms with Crippen LogP contribution in [0.4, 0.5) is 0 Å². The van der Waals surface area contributed by atoms with Gasteiger partial charge in [0.05, 0.1) is 11.5 Å². The number of nitrogens with zero attached hydrogens (tertiary/aromatic N) is 1. The van der Waals surface area contributed by atoms with Gasteiger partial charge in [-0.2, -0.15) is 5.10 Å². The molecule has 0 aliphatic heterocycles. The molecule has 0 aliphatic carbocycles. The summed E-state index contributed by atoms with van der Waals surface area (Å²) in [5.41, 5.74) is -0.137. The Kier molecular flexibility index (Phi) is 4.70. The highest BCUT2D eigenvalue weighted by atomic mass is 16.3. The van der Waals surface area contributed by atoms with Gasteiger partial charge in [-0.05, 0) is 18.4 Å². The molecule has 2 aromatic rings. The Hall–Kier alpha value is -2.21. The second-order valence-corrected chi connectivity index (χ2v) is 5.30. The number of aromatic nitrogens is 2. The van der Waals surface area contributed by atoms with Crippen LogP contribution < -0.4 is 10.9 Å². The zero-order valence-corrected chi connectivity index (χ0v) is 12.1. The van der Waals surface area contributed by atoms with E-state index in [0.29, 0.717) is 23.7 Å². The van der Waals surface area contributed by atoms with Crippen molar-refractivity contribution >= 4 is 16.7 Å². The molecule has 1 heterocycles. The van der Waals surface area contributed by atoms with Gasteiger partial charge in [-0.25, -0.2) is 5.10 Å². The minimum Gasteiger partial charge on any atom is -0.393 e. The molecule has 1 aromatic heterocycles. The molecule has 0 radical (unpaired) electrons. The molecule has 3 N–H and O–H groups in total. The largest absolute Gasteiger partial charge is 0.393 e. The maximum Gasteiger partial charge on any atom is 0.272 e. The molecule has 1 unspecified atom stereocenters. The van der Waals surface area contributed by atoms with Crippen molar-refractivity contribution in [2.24, 2.45) is 5.92 Å². The van der Waals surface area contributed by atoms with E-state index in [1.165, 1.54) is 0 Å². The number of hydrogen-bond donors (Lipinski definition) is 3. The predicted octanol–water partition coefficient (Wildman–Crippen LogP) is 1.06. The van der Waals surface area contributed by atoms with Crippen molar-refractivity contribution in [1.82, 2.24) is 15.5 Å². The number of carbonyl (C=O) groups excluding carboxylic acids is 1. The summed E-state index contributed by atoms with van der Waals surface area (Å²) in [5, 5.41) is 19.5. The molecule has 21 heavy (non-hydrogen) atoms. The fraction of sp³-hybridized carbons (Fsp3) is 0.400. The average molecular weight is 289 g/mol. The minimum atomic E-state index is -0.453. The van der Waals surface area contributed by atoms with E-state index in [2.05, 4.69) is 15.5 Å². The van der Waals surface area contributed by atoms with Crippen LogP contribution in [0.1, 0.15) is 30.8 Å². The van der Waals surface area contributed by atoms with Crippen LogP contribution in [0.25, 0.3) is 10.8 Å². The first-order valence-corrected chi connectivity index (χ1v) is 6.94. The van der Waals surface area contributed by atoms with E-state index >= 15 is 0 Å². The predicted molar refractivity (Wildman–Crippen MR) is 80.2 cm³/mol. The van der Waals surface area contributed by atoms with E-state index in [9.17, 15) is 14.7 Å². The van der Waals surface area contributed by atoms with Crippen LogP contribution in [0.5, 0.6) is 0 Å². The standard InChI is InChI=1S/C15H19N3O3/c1-9(2)12(19)7-8-16-15(21)13-10-5-3-4-6-11(10)14(20)18-17-13/h3-6,9,12,19H,7-8H2,1-2H3,(H,16,21)(H,18,20). The Morgan fingerprint density at radius 3 is 2.67 bits per heavy atom.